The van der Waals surface area contributed by atoms with E-state index in [1.54, 1.807) is 18.2 Å². The first-order valence-electron chi connectivity index (χ1n) is 5.74. The number of aliphatic hydroxyl groups is 1. The average Bonchev–Trinajstić information content (AvgIpc) is 2.44. The minimum atomic E-state index is -0.649. The van der Waals surface area contributed by atoms with Crippen LogP contribution in [-0.4, -0.2) is 38.4 Å². The molecular weight excluding hydrogens is 244 g/mol. The van der Waals surface area contributed by atoms with Crippen LogP contribution in [-0.2, 0) is 9.53 Å². The van der Waals surface area contributed by atoms with Crippen molar-refractivity contribution in [1.82, 2.24) is 0 Å². The summed E-state index contributed by atoms with van der Waals surface area (Å²) in [6, 6.07) is 9.10. The van der Waals surface area contributed by atoms with Gasteiger partial charge in [-0.1, -0.05) is 12.1 Å². The summed E-state index contributed by atoms with van der Waals surface area (Å²) < 4.78 is 4.50. The van der Waals surface area contributed by atoms with Gasteiger partial charge in [0.15, 0.2) is 0 Å². The topological polar surface area (TPSA) is 73.6 Å². The standard InChI is InChI=1S/C14H16N2O3/c1-16(7-8-17)13-5-3-11(4-6-13)9-12(10-15)14(18)19-2/h3-6,9,17H,7-8H2,1-2H3/b12-9+. The van der Waals surface area contributed by atoms with Gasteiger partial charge in [0.25, 0.3) is 0 Å². The van der Waals surface area contributed by atoms with Gasteiger partial charge in [-0.3, -0.25) is 0 Å². The third kappa shape index (κ3) is 4.12. The van der Waals surface area contributed by atoms with Crippen LogP contribution in [0.3, 0.4) is 0 Å². The zero-order valence-electron chi connectivity index (χ0n) is 11.0. The van der Waals surface area contributed by atoms with Crippen LogP contribution in [0.1, 0.15) is 5.56 Å². The fourth-order valence-electron chi connectivity index (χ4n) is 1.52. The van der Waals surface area contributed by atoms with Crippen molar-refractivity contribution in [3.8, 4) is 6.07 Å². The van der Waals surface area contributed by atoms with Gasteiger partial charge >= 0.3 is 5.97 Å². The molecule has 1 aromatic rings. The number of hydrogen-bond donors (Lipinski definition) is 1. The zero-order chi connectivity index (χ0) is 14.3. The van der Waals surface area contributed by atoms with Crippen LogP contribution < -0.4 is 4.90 Å². The minimum Gasteiger partial charge on any atom is -0.465 e. The molecule has 0 saturated carbocycles. The molecule has 0 bridgehead atoms. The Hall–Kier alpha value is -2.32. The fourth-order valence-corrected chi connectivity index (χ4v) is 1.52. The molecule has 0 spiro atoms. The molecule has 0 aliphatic carbocycles. The number of esters is 1. The molecule has 0 aliphatic heterocycles. The second-order valence-electron chi connectivity index (χ2n) is 3.90. The van der Waals surface area contributed by atoms with Crippen LogP contribution in [0.5, 0.6) is 0 Å². The lowest BCUT2D eigenvalue weighted by Crippen LogP contribution is -2.20. The van der Waals surface area contributed by atoms with Crippen LogP contribution in [0.25, 0.3) is 6.08 Å². The van der Waals surface area contributed by atoms with Gasteiger partial charge < -0.3 is 14.7 Å². The molecule has 0 unspecified atom stereocenters. The number of ether oxygens (including phenoxy) is 1. The van der Waals surface area contributed by atoms with Crippen molar-refractivity contribution in [3.05, 3.63) is 35.4 Å². The number of carbonyl (C=O) groups is 1. The first kappa shape index (κ1) is 14.7. The highest BCUT2D eigenvalue weighted by Crippen LogP contribution is 2.15. The molecular formula is C14H16N2O3. The highest BCUT2D eigenvalue weighted by molar-refractivity contribution is 5.97. The third-order valence-electron chi connectivity index (χ3n) is 2.61. The summed E-state index contributed by atoms with van der Waals surface area (Å²) in [6.45, 7) is 0.625. The molecule has 0 radical (unpaired) electrons. The molecule has 0 saturated heterocycles. The Labute approximate surface area is 112 Å². The summed E-state index contributed by atoms with van der Waals surface area (Å²) in [7, 11) is 3.11. The largest absolute Gasteiger partial charge is 0.465 e. The van der Waals surface area contributed by atoms with Gasteiger partial charge in [0.2, 0.25) is 0 Å². The molecule has 0 heterocycles. The quantitative estimate of drug-likeness (QED) is 0.489. The molecule has 0 aliphatic rings. The molecule has 1 N–H and O–H groups in total. The van der Waals surface area contributed by atoms with E-state index in [2.05, 4.69) is 4.74 Å². The number of likely N-dealkylation sites (N-methyl/N-ethyl adjacent to an activating group) is 1. The van der Waals surface area contributed by atoms with Gasteiger partial charge in [-0.25, -0.2) is 4.79 Å². The van der Waals surface area contributed by atoms with E-state index in [1.807, 2.05) is 24.1 Å². The van der Waals surface area contributed by atoms with Crippen LogP contribution in [0, 0.1) is 11.3 Å². The van der Waals surface area contributed by atoms with Gasteiger partial charge in [0, 0.05) is 19.3 Å². The lowest BCUT2D eigenvalue weighted by Gasteiger charge is -2.17. The van der Waals surface area contributed by atoms with Crippen molar-refractivity contribution in [2.75, 3.05) is 32.2 Å². The number of anilines is 1. The van der Waals surface area contributed by atoms with Gasteiger partial charge in [-0.05, 0) is 23.8 Å². The van der Waals surface area contributed by atoms with Crippen molar-refractivity contribution in [2.24, 2.45) is 0 Å². The van der Waals surface area contributed by atoms with Crippen LogP contribution >= 0.6 is 0 Å². The Bertz CT molecular complexity index is 500. The number of methoxy groups -OCH3 is 1. The summed E-state index contributed by atoms with van der Waals surface area (Å²) in [5.41, 5.74) is 1.64. The molecule has 5 heteroatoms. The Morgan fingerprint density at radius 3 is 2.58 bits per heavy atom. The van der Waals surface area contributed by atoms with Crippen molar-refractivity contribution in [1.29, 1.82) is 5.26 Å². The predicted octanol–water partition coefficient (Wildman–Crippen LogP) is 1.20. The molecule has 0 fully saturated rings. The van der Waals surface area contributed by atoms with Crippen LogP contribution in [0.4, 0.5) is 5.69 Å². The van der Waals surface area contributed by atoms with E-state index in [-0.39, 0.29) is 12.2 Å². The van der Waals surface area contributed by atoms with E-state index in [1.165, 1.54) is 13.2 Å². The smallest absolute Gasteiger partial charge is 0.348 e. The maximum absolute atomic E-state index is 11.3. The SMILES string of the molecule is COC(=O)/C(C#N)=C/c1ccc(N(C)CCO)cc1. The highest BCUT2D eigenvalue weighted by atomic mass is 16.5. The van der Waals surface area contributed by atoms with Crippen molar-refractivity contribution >= 4 is 17.7 Å². The van der Waals surface area contributed by atoms with Gasteiger partial charge in [-0.2, -0.15) is 5.26 Å². The van der Waals surface area contributed by atoms with E-state index in [0.717, 1.165) is 11.3 Å². The number of benzene rings is 1. The van der Waals surface area contributed by atoms with Gasteiger partial charge in [-0.15, -0.1) is 0 Å². The van der Waals surface area contributed by atoms with Gasteiger partial charge in [0.05, 0.1) is 13.7 Å². The summed E-state index contributed by atoms with van der Waals surface area (Å²) >= 11 is 0. The average molecular weight is 260 g/mol. The molecule has 0 aromatic heterocycles. The highest BCUT2D eigenvalue weighted by Gasteiger charge is 2.08. The Morgan fingerprint density at radius 2 is 2.11 bits per heavy atom. The maximum atomic E-state index is 11.3. The van der Waals surface area contributed by atoms with E-state index >= 15 is 0 Å². The predicted molar refractivity (Wildman–Crippen MR) is 72.4 cm³/mol. The van der Waals surface area contributed by atoms with Crippen LogP contribution in [0.2, 0.25) is 0 Å². The maximum Gasteiger partial charge on any atom is 0.348 e. The van der Waals surface area contributed by atoms with Gasteiger partial charge in [0.1, 0.15) is 11.6 Å². The fraction of sp³-hybridized carbons (Fsp3) is 0.286. The summed E-state index contributed by atoms with van der Waals surface area (Å²) in [6.07, 6.45) is 1.47. The number of nitrogens with zero attached hydrogens (tertiary/aromatic N) is 2. The second kappa shape index (κ2) is 7.19. The second-order valence-corrected chi connectivity index (χ2v) is 3.90. The van der Waals surface area contributed by atoms with E-state index in [0.29, 0.717) is 6.54 Å². The Balaban J connectivity index is 2.90. The number of nitriles is 1. The Kier molecular flexibility index (Phi) is 5.58. The van der Waals surface area contributed by atoms with E-state index in [4.69, 9.17) is 10.4 Å². The monoisotopic (exact) mass is 260 g/mol. The lowest BCUT2D eigenvalue weighted by molar-refractivity contribution is -0.135. The van der Waals surface area contributed by atoms with E-state index in [9.17, 15) is 4.79 Å². The molecule has 100 valence electrons. The lowest BCUT2D eigenvalue weighted by atomic mass is 10.1. The first-order chi connectivity index (χ1) is 9.12. The summed E-state index contributed by atoms with van der Waals surface area (Å²) in [5, 5.41) is 17.7. The zero-order valence-corrected chi connectivity index (χ0v) is 11.0. The van der Waals surface area contributed by atoms with E-state index < -0.39 is 5.97 Å². The third-order valence-corrected chi connectivity index (χ3v) is 2.61. The normalized spacial score (nSPS) is 10.7. The van der Waals surface area contributed by atoms with Crippen molar-refractivity contribution in [3.63, 3.8) is 0 Å². The molecule has 5 nitrogen and oxygen atoms in total. The molecule has 0 amide bonds. The number of rotatable bonds is 5. The van der Waals surface area contributed by atoms with Crippen molar-refractivity contribution in [2.45, 2.75) is 0 Å². The first-order valence-corrected chi connectivity index (χ1v) is 5.74. The molecule has 1 rings (SSSR count). The Morgan fingerprint density at radius 1 is 1.47 bits per heavy atom. The number of hydrogen-bond acceptors (Lipinski definition) is 5. The van der Waals surface area contributed by atoms with Crippen LogP contribution in [0.15, 0.2) is 29.8 Å². The molecule has 19 heavy (non-hydrogen) atoms. The minimum absolute atomic E-state index is 0.0426. The summed E-state index contributed by atoms with van der Waals surface area (Å²) in [4.78, 5) is 13.2. The van der Waals surface area contributed by atoms with Crippen molar-refractivity contribution < 1.29 is 14.6 Å². The number of aliphatic hydroxyl groups excluding tert-OH is 1. The number of carbonyl (C=O) groups excluding carboxylic acids is 1. The molecule has 1 aromatic carbocycles. The molecule has 0 atom stereocenters. The summed E-state index contributed by atoms with van der Waals surface area (Å²) in [5.74, 6) is -0.649.